The number of allylic oxidation sites excluding steroid dienone is 4. The van der Waals surface area contributed by atoms with Crippen LogP contribution in [-0.2, 0) is 41.6 Å². The van der Waals surface area contributed by atoms with Crippen molar-refractivity contribution in [2.45, 2.75) is 285 Å². The van der Waals surface area contributed by atoms with Gasteiger partial charge in [0, 0.05) is 109 Å². The van der Waals surface area contributed by atoms with Crippen molar-refractivity contribution in [3.63, 3.8) is 0 Å². The zero-order valence-corrected chi connectivity index (χ0v) is 64.9. The molecule has 2 aliphatic heterocycles. The van der Waals surface area contributed by atoms with Gasteiger partial charge in [0.1, 0.15) is 40.7 Å². The summed E-state index contributed by atoms with van der Waals surface area (Å²) in [6.07, 6.45) is 23.2. The molecule has 0 spiro atoms. The Hall–Kier alpha value is -5.88. The molecule has 0 bridgehead atoms. The molecule has 17 heteroatoms. The molecule has 4 heterocycles. The number of ketones is 6. The van der Waals surface area contributed by atoms with Crippen molar-refractivity contribution >= 4 is 74.3 Å². The average molecular weight is 1370 g/mol. The van der Waals surface area contributed by atoms with Crippen LogP contribution in [-0.4, -0.2) is 113 Å². The molecule has 5 atom stereocenters. The number of carbonyl (C=O) groups excluding carboxylic acids is 7. The maximum absolute atomic E-state index is 12.1. The topological polar surface area (TPSA) is 282 Å². The number of hydrogen-bond donors (Lipinski definition) is 9. The lowest BCUT2D eigenvalue weighted by atomic mass is 9.79. The lowest BCUT2D eigenvalue weighted by Gasteiger charge is -2.27. The number of aromatic hydroxyl groups is 2. The second kappa shape index (κ2) is 40.4. The Balaban J connectivity index is 0.000000588. The molecule has 2 saturated heterocycles. The van der Waals surface area contributed by atoms with Crippen molar-refractivity contribution in [2.75, 3.05) is 12.4 Å². The van der Waals surface area contributed by atoms with E-state index in [-0.39, 0.29) is 75.8 Å². The highest BCUT2D eigenvalue weighted by atomic mass is 32.2. The van der Waals surface area contributed by atoms with Gasteiger partial charge in [0.25, 0.3) is 0 Å². The fourth-order valence-electron chi connectivity index (χ4n) is 10.6. The number of aryl methyl sites for hydroxylation is 1. The molecule has 2 aromatic heterocycles. The van der Waals surface area contributed by atoms with Gasteiger partial charge in [0.15, 0.2) is 11.6 Å². The number of aromatic amines is 2. The van der Waals surface area contributed by atoms with Crippen molar-refractivity contribution in [2.24, 2.45) is 49.6 Å². The molecule has 0 unspecified atom stereocenters. The van der Waals surface area contributed by atoms with E-state index in [1.807, 2.05) is 159 Å². The van der Waals surface area contributed by atoms with Crippen LogP contribution in [0.5, 0.6) is 11.5 Å². The number of unbranched alkanes of at least 4 members (excludes halogenated alkanes) is 1. The first-order valence-corrected chi connectivity index (χ1v) is 36.4. The first-order valence-electron chi connectivity index (χ1n) is 35.4. The fraction of sp³-hybridized carbons (Fsp3) is 0.662. The number of benzene rings is 2. The summed E-state index contributed by atoms with van der Waals surface area (Å²) in [6.45, 7) is 44.9. The summed E-state index contributed by atoms with van der Waals surface area (Å²) >= 11 is 1.94. The van der Waals surface area contributed by atoms with Crippen molar-refractivity contribution < 1.29 is 54.0 Å². The molecule has 4 aromatic rings. The fourth-order valence-corrected chi connectivity index (χ4v) is 12.1. The number of urea groups is 1. The second-order valence-corrected chi connectivity index (χ2v) is 34.5. The smallest absolute Gasteiger partial charge is 0.315 e. The van der Waals surface area contributed by atoms with E-state index < -0.39 is 23.0 Å². The van der Waals surface area contributed by atoms with Crippen LogP contribution in [0.3, 0.4) is 0 Å². The predicted octanol–water partition coefficient (Wildman–Crippen LogP) is 17.2. The Labute approximate surface area is 588 Å². The molecule has 6 rings (SSSR count). The van der Waals surface area contributed by atoms with Gasteiger partial charge in [-0.3, -0.25) is 28.8 Å². The summed E-state index contributed by atoms with van der Waals surface area (Å²) in [4.78, 5) is 87.9. The number of amides is 2. The molecule has 2 fully saturated rings. The van der Waals surface area contributed by atoms with E-state index in [0.29, 0.717) is 71.9 Å². The number of aromatic nitrogens is 2. The zero-order valence-electron chi connectivity index (χ0n) is 64.0. The van der Waals surface area contributed by atoms with E-state index in [2.05, 4.69) is 73.6 Å². The van der Waals surface area contributed by atoms with Crippen molar-refractivity contribution in [1.29, 1.82) is 0 Å². The highest BCUT2D eigenvalue weighted by Gasteiger charge is 2.43. The van der Waals surface area contributed by atoms with Gasteiger partial charge in [-0.2, -0.15) is 11.8 Å². The number of phenols is 2. The van der Waals surface area contributed by atoms with E-state index in [1.165, 1.54) is 18.4 Å². The molecular formula is C80H131N5O11S. The molecule has 0 aliphatic carbocycles. The Morgan fingerprint density at radius 3 is 1.59 bits per heavy atom. The number of thioether (sulfide) groups is 1. The quantitative estimate of drug-likeness (QED) is 0.0161. The summed E-state index contributed by atoms with van der Waals surface area (Å²) in [5, 5.41) is 46.4. The minimum atomic E-state index is -1.17. The Kier molecular flexibility index (Phi) is 37.1. The lowest BCUT2D eigenvalue weighted by molar-refractivity contribution is -0.135. The number of nitrogens with one attached hydrogen (secondary N) is 4. The number of hydrogen-bond acceptors (Lipinski definition) is 13. The van der Waals surface area contributed by atoms with Gasteiger partial charge >= 0.3 is 6.03 Å². The highest BCUT2D eigenvalue weighted by molar-refractivity contribution is 8.00. The number of Topliss-reactive ketones (excluding diaryl/α,β-unsaturated/α-hetero) is 6. The van der Waals surface area contributed by atoms with Gasteiger partial charge in [-0.15, -0.1) is 0 Å². The number of rotatable bonds is 26. The standard InChI is InChI=1S/C15H20N2O2.C15H21NO.C14H24N2O2S.C14H26O4.C12H22O.C10H18O/c1-15(2,3)14(19)12(16)6-9-8-17-13-5-4-10(18)7-11(9)13;1-15(2,3)8-4-5-11-10-16-14-7-6-12(17)9-13(11)14;1-14(2,3)11(17)7-5-4-6-10-12-9(8-19-10)15-13(18)16-12;1-13(2,3)11(17)8-6-7-10(16)12(18)14(4,5)9-15;1-6-7-8-9-12(4,5)11(13)10(2)3;1-5-6-7-8-9(11)10(2,3)4/h4-5,7-8,12,17-18H,6,16H2,1-3H3;6-7,9-10,16-17H,4-5,8H2,1-3H3;9-10,12H,4-8H2,1-3H3,(H2,15,16,18);12,15,18H,6-9H2,1-5H3;7-8,10H,6,9H2,1-5H3;6-7H,5,8H2,1-4H3/b;;;;8-7-;7-6-/t12-;;9-,10-,12-;12-;;/m0.00../s1. The molecule has 2 aliphatic rings. The van der Waals surface area contributed by atoms with Crippen molar-refractivity contribution in [3.05, 3.63) is 84.2 Å². The van der Waals surface area contributed by atoms with Crippen LogP contribution in [0.25, 0.3) is 21.8 Å². The molecule has 2 amide bonds. The second-order valence-electron chi connectivity index (χ2n) is 33.3. The average Bonchev–Trinajstić information content (AvgIpc) is 1.69. The molecule has 10 N–H and O–H groups in total. The third-order valence-electron chi connectivity index (χ3n) is 17.2. The van der Waals surface area contributed by atoms with Crippen LogP contribution in [0.15, 0.2) is 73.1 Å². The summed E-state index contributed by atoms with van der Waals surface area (Å²) in [5.41, 5.74) is 8.46. The van der Waals surface area contributed by atoms with Crippen molar-refractivity contribution in [3.8, 4) is 11.5 Å². The van der Waals surface area contributed by atoms with E-state index in [4.69, 9.17) is 10.8 Å². The largest absolute Gasteiger partial charge is 0.508 e. The van der Waals surface area contributed by atoms with Crippen LogP contribution in [0.2, 0.25) is 0 Å². The summed E-state index contributed by atoms with van der Waals surface area (Å²) in [7, 11) is 0. The molecule has 97 heavy (non-hydrogen) atoms. The SMILES string of the molecule is CC(C)(C)C(=O)CCCC(=O)[C@H](O)C(C)(C)CO.CC(C)(C)C(=O)CCCC[C@@H]1SC[C@@H]2NC(=O)N[C@@H]21.CC(C)(C)C(=O)[C@@H](N)Cc1c[nH]c2ccc(O)cc12.CC(C)(C)CCCc1c[nH]c2ccc(O)cc12.CC/C=C\CC(=O)C(C)(C)C.CC/C=C\CC(C)(C)C(=O)C(C)C. The van der Waals surface area contributed by atoms with Crippen LogP contribution in [0.4, 0.5) is 4.79 Å². The summed E-state index contributed by atoms with van der Waals surface area (Å²) in [6, 6.07) is 10.7. The number of fused-ring (bicyclic) bond motifs is 3. The number of aliphatic hydroxyl groups is 2. The molecule has 2 aromatic carbocycles. The maximum atomic E-state index is 12.1. The number of carbonyl (C=O) groups is 7. The van der Waals surface area contributed by atoms with Crippen LogP contribution in [0.1, 0.15) is 254 Å². The predicted molar refractivity (Wildman–Crippen MR) is 403 cm³/mol. The molecule has 16 nitrogen and oxygen atoms in total. The molecular weight excluding hydrogens is 1240 g/mol. The van der Waals surface area contributed by atoms with Gasteiger partial charge in [-0.1, -0.05) is 190 Å². The van der Waals surface area contributed by atoms with Gasteiger partial charge in [-0.25, -0.2) is 4.79 Å². The molecule has 548 valence electrons. The van der Waals surface area contributed by atoms with Gasteiger partial charge in [-0.05, 0) is 117 Å². The first kappa shape index (κ1) is 89.1. The number of phenolic OH excluding ortho intramolecular Hbond substituents is 2. The maximum Gasteiger partial charge on any atom is 0.315 e. The zero-order chi connectivity index (χ0) is 74.7. The van der Waals surface area contributed by atoms with Gasteiger partial charge < -0.3 is 46.8 Å². The number of nitrogens with two attached hydrogens (primary N) is 1. The summed E-state index contributed by atoms with van der Waals surface area (Å²) in [5.74, 6) is 2.57. The van der Waals surface area contributed by atoms with E-state index in [0.717, 1.165) is 78.1 Å². The van der Waals surface area contributed by atoms with E-state index in [1.54, 1.807) is 32.0 Å². The van der Waals surface area contributed by atoms with Crippen LogP contribution in [0, 0.1) is 43.8 Å². The van der Waals surface area contributed by atoms with Gasteiger partial charge in [0.2, 0.25) is 0 Å². The van der Waals surface area contributed by atoms with E-state index >= 15 is 0 Å². The molecule has 0 radical (unpaired) electrons. The van der Waals surface area contributed by atoms with E-state index in [9.17, 15) is 48.9 Å². The Morgan fingerprint density at radius 1 is 0.619 bits per heavy atom. The number of aliphatic hydroxyl groups excluding tert-OH is 2. The Morgan fingerprint density at radius 2 is 1.11 bits per heavy atom. The third kappa shape index (κ3) is 33.2. The van der Waals surface area contributed by atoms with Crippen LogP contribution >= 0.6 is 11.8 Å². The highest BCUT2D eigenvalue weighted by Crippen LogP contribution is 2.35. The lowest BCUT2D eigenvalue weighted by Crippen LogP contribution is -2.40. The monoisotopic (exact) mass is 1370 g/mol. The Bertz CT molecular complexity index is 3170. The summed E-state index contributed by atoms with van der Waals surface area (Å²) < 4.78 is 0. The minimum absolute atomic E-state index is 0.0248. The number of H-pyrrole nitrogens is 2. The molecule has 0 saturated carbocycles. The van der Waals surface area contributed by atoms with Gasteiger partial charge in [0.05, 0.1) is 24.7 Å². The normalized spacial score (nSPS) is 16.4. The third-order valence-corrected chi connectivity index (χ3v) is 18.7. The first-order chi connectivity index (χ1) is 44.5. The minimum Gasteiger partial charge on any atom is -0.508 e. The van der Waals surface area contributed by atoms with Crippen molar-refractivity contribution in [1.82, 2.24) is 20.6 Å². The van der Waals surface area contributed by atoms with Crippen LogP contribution < -0.4 is 16.4 Å².